The van der Waals surface area contributed by atoms with Crippen molar-refractivity contribution in [3.63, 3.8) is 0 Å². The Morgan fingerprint density at radius 3 is 2.36 bits per heavy atom. The van der Waals surface area contributed by atoms with E-state index < -0.39 is 8.07 Å². The Hall–Kier alpha value is -0.793. The Morgan fingerprint density at radius 1 is 1.64 bits per heavy atom. The maximum Gasteiger partial charge on any atom is 0.217 e. The van der Waals surface area contributed by atoms with E-state index in [2.05, 4.69) is 5.92 Å². The maximum atomic E-state index is 11.2. The largest absolute Gasteiger partial charge is 0.285 e. The molecular formula is C7H13NO2Si. The van der Waals surface area contributed by atoms with Crippen LogP contribution in [0.4, 0.5) is 4.79 Å². The Bertz CT molecular complexity index is 190. The van der Waals surface area contributed by atoms with Crippen molar-refractivity contribution in [3.8, 4) is 12.3 Å². The van der Waals surface area contributed by atoms with Crippen LogP contribution in [0.15, 0.2) is 0 Å². The fourth-order valence-corrected chi connectivity index (χ4v) is 1.40. The molecule has 0 atom stereocenters. The maximum absolute atomic E-state index is 11.2. The van der Waals surface area contributed by atoms with Crippen LogP contribution in [0.2, 0.25) is 19.6 Å². The summed E-state index contributed by atoms with van der Waals surface area (Å²) in [5.74, 6) is 2.20. The van der Waals surface area contributed by atoms with Crippen LogP contribution in [0.5, 0.6) is 0 Å². The van der Waals surface area contributed by atoms with Crippen molar-refractivity contribution in [1.29, 1.82) is 0 Å². The quantitative estimate of drug-likeness (QED) is 0.295. The third-order valence-corrected chi connectivity index (χ3v) is 2.66. The third kappa shape index (κ3) is 3.21. The van der Waals surface area contributed by atoms with Gasteiger partial charge in [0.15, 0.2) is 8.07 Å². The molecule has 11 heavy (non-hydrogen) atoms. The first-order valence-electron chi connectivity index (χ1n) is 3.34. The van der Waals surface area contributed by atoms with E-state index in [4.69, 9.17) is 11.6 Å². The van der Waals surface area contributed by atoms with Gasteiger partial charge in [0, 0.05) is 0 Å². The van der Waals surface area contributed by atoms with Crippen molar-refractivity contribution in [2.75, 3.05) is 6.54 Å². The van der Waals surface area contributed by atoms with Crippen molar-refractivity contribution in [1.82, 2.24) is 5.06 Å². The predicted molar refractivity (Wildman–Crippen MR) is 46.1 cm³/mol. The summed E-state index contributed by atoms with van der Waals surface area (Å²) < 4.78 is 0. The van der Waals surface area contributed by atoms with E-state index in [9.17, 15) is 4.79 Å². The number of rotatable bonds is 2. The first-order chi connectivity index (χ1) is 4.89. The molecule has 62 valence electrons. The zero-order valence-electron chi connectivity index (χ0n) is 7.09. The second-order valence-corrected chi connectivity index (χ2v) is 8.24. The molecule has 0 saturated carbocycles. The molecule has 0 aromatic rings. The highest BCUT2D eigenvalue weighted by Gasteiger charge is 2.28. The summed E-state index contributed by atoms with van der Waals surface area (Å²) in [5, 5.41) is 9.65. The summed E-state index contributed by atoms with van der Waals surface area (Å²) in [6.45, 7) is 5.54. The van der Waals surface area contributed by atoms with Crippen LogP contribution in [0.3, 0.4) is 0 Å². The SMILES string of the molecule is C#CCN(O)C(=O)[Si](C)(C)C. The van der Waals surface area contributed by atoms with E-state index in [1.807, 2.05) is 19.6 Å². The Labute approximate surface area is 68.0 Å². The fourth-order valence-electron chi connectivity index (χ4n) is 0.545. The standard InChI is InChI=1S/C7H13NO2Si/c1-5-6-8(10)7(9)11(2,3)4/h1,10H,6H2,2-4H3. The summed E-state index contributed by atoms with van der Waals surface area (Å²) in [7, 11) is -1.92. The monoisotopic (exact) mass is 171 g/mol. The molecule has 0 heterocycles. The zero-order chi connectivity index (χ0) is 9.07. The predicted octanol–water partition coefficient (Wildman–Crippen LogP) is 1.35. The lowest BCUT2D eigenvalue weighted by Crippen LogP contribution is -2.44. The van der Waals surface area contributed by atoms with Gasteiger partial charge >= 0.3 is 0 Å². The van der Waals surface area contributed by atoms with Gasteiger partial charge in [0.1, 0.15) is 6.54 Å². The van der Waals surface area contributed by atoms with Crippen LogP contribution in [0.1, 0.15) is 0 Å². The second kappa shape index (κ2) is 3.56. The molecule has 0 aliphatic carbocycles. The Morgan fingerprint density at radius 2 is 2.09 bits per heavy atom. The van der Waals surface area contributed by atoms with Gasteiger partial charge in [0.05, 0.1) is 0 Å². The van der Waals surface area contributed by atoms with Gasteiger partial charge in [-0.1, -0.05) is 25.6 Å². The van der Waals surface area contributed by atoms with Gasteiger partial charge in [0.25, 0.3) is 0 Å². The van der Waals surface area contributed by atoms with E-state index in [0.29, 0.717) is 5.06 Å². The van der Waals surface area contributed by atoms with Crippen molar-refractivity contribution in [2.24, 2.45) is 0 Å². The molecule has 0 spiro atoms. The van der Waals surface area contributed by atoms with E-state index in [0.717, 1.165) is 0 Å². The molecule has 0 rings (SSSR count). The van der Waals surface area contributed by atoms with Gasteiger partial charge in [-0.25, -0.2) is 5.06 Å². The van der Waals surface area contributed by atoms with Crippen LogP contribution in [-0.2, 0) is 0 Å². The highest BCUT2D eigenvalue weighted by atomic mass is 28.3. The molecule has 1 N–H and O–H groups in total. The molecule has 0 radical (unpaired) electrons. The Balaban J connectivity index is 4.17. The first kappa shape index (κ1) is 10.2. The molecule has 4 heteroatoms. The van der Waals surface area contributed by atoms with Crippen molar-refractivity contribution >= 4 is 13.6 Å². The normalized spacial score (nSPS) is 10.5. The topological polar surface area (TPSA) is 40.5 Å². The van der Waals surface area contributed by atoms with Crippen molar-refractivity contribution in [2.45, 2.75) is 19.6 Å². The molecule has 0 bridgehead atoms. The van der Waals surface area contributed by atoms with Crippen molar-refractivity contribution < 1.29 is 10.0 Å². The molecule has 0 aromatic heterocycles. The summed E-state index contributed by atoms with van der Waals surface area (Å²) >= 11 is 0. The molecule has 0 fully saturated rings. The highest BCUT2D eigenvalue weighted by Crippen LogP contribution is 2.05. The van der Waals surface area contributed by atoms with Gasteiger partial charge in [-0.05, 0) is 0 Å². The highest BCUT2D eigenvalue weighted by molar-refractivity contribution is 7.03. The minimum Gasteiger partial charge on any atom is -0.285 e. The molecule has 0 aromatic carbocycles. The Kier molecular flexibility index (Phi) is 3.30. The summed E-state index contributed by atoms with van der Waals surface area (Å²) in [4.78, 5) is 11.2. The zero-order valence-corrected chi connectivity index (χ0v) is 8.09. The second-order valence-electron chi connectivity index (χ2n) is 3.32. The van der Waals surface area contributed by atoms with Crippen LogP contribution >= 0.6 is 0 Å². The molecule has 0 saturated heterocycles. The van der Waals surface area contributed by atoms with Crippen LogP contribution in [-0.4, -0.2) is 30.4 Å². The number of carbonyl (C=O) groups is 1. The van der Waals surface area contributed by atoms with Gasteiger partial charge in [0.2, 0.25) is 5.53 Å². The van der Waals surface area contributed by atoms with Gasteiger partial charge in [-0.3, -0.25) is 10.0 Å². The first-order valence-corrected chi connectivity index (χ1v) is 6.84. The number of hydroxylamine groups is 2. The van der Waals surface area contributed by atoms with E-state index in [-0.39, 0.29) is 12.1 Å². The fraction of sp³-hybridized carbons (Fsp3) is 0.571. The average Bonchev–Trinajstić information content (AvgIpc) is 1.85. The van der Waals surface area contributed by atoms with Gasteiger partial charge in [-0.2, -0.15) is 0 Å². The number of amides is 1. The molecular weight excluding hydrogens is 158 g/mol. The van der Waals surface area contributed by atoms with Crippen molar-refractivity contribution in [3.05, 3.63) is 0 Å². The van der Waals surface area contributed by atoms with Crippen LogP contribution in [0, 0.1) is 12.3 Å². The van der Waals surface area contributed by atoms with Gasteiger partial charge in [-0.15, -0.1) is 6.42 Å². The molecule has 3 nitrogen and oxygen atoms in total. The lowest BCUT2D eigenvalue weighted by Gasteiger charge is -2.20. The number of carbonyl (C=O) groups excluding carboxylic acids is 1. The average molecular weight is 171 g/mol. The lowest BCUT2D eigenvalue weighted by molar-refractivity contribution is -0.0205. The molecule has 0 aliphatic rings. The number of hydrogen-bond donors (Lipinski definition) is 1. The number of hydrogen-bond acceptors (Lipinski definition) is 2. The van der Waals surface area contributed by atoms with E-state index in [1.54, 1.807) is 0 Å². The summed E-state index contributed by atoms with van der Waals surface area (Å²) in [6, 6.07) is 0. The lowest BCUT2D eigenvalue weighted by atomic mass is 10.7. The number of terminal acetylenes is 1. The summed E-state index contributed by atoms with van der Waals surface area (Å²) in [6.07, 6.45) is 4.92. The van der Waals surface area contributed by atoms with Crippen LogP contribution < -0.4 is 0 Å². The minimum absolute atomic E-state index is 0.0247. The number of nitrogens with zero attached hydrogens (tertiary/aromatic N) is 1. The van der Waals surface area contributed by atoms with Crippen LogP contribution in [0.25, 0.3) is 0 Å². The minimum atomic E-state index is -1.92. The third-order valence-electron chi connectivity index (χ3n) is 1.12. The van der Waals surface area contributed by atoms with E-state index in [1.165, 1.54) is 0 Å². The molecule has 0 aliphatic heterocycles. The summed E-state index contributed by atoms with van der Waals surface area (Å²) in [5.41, 5.74) is -0.226. The smallest absolute Gasteiger partial charge is 0.217 e. The molecule has 0 unspecified atom stereocenters. The van der Waals surface area contributed by atoms with Gasteiger partial charge < -0.3 is 0 Å². The molecule has 1 amide bonds. The van der Waals surface area contributed by atoms with E-state index >= 15 is 0 Å².